The molecule has 0 spiro atoms. The number of hydrogen-bond acceptors (Lipinski definition) is 8. The standard InChI is InChI=1S/C25H24ClF2N7O5/c26-14-4-5-20(40-25(27)28)15(9-14)22-17(31-24(39)16-10-30-35-8-2-6-29-23(16)35)11-33(32-22)12-21(38)34-7-1-3-18(34)19(37)13-36/h2,4-6,8-11,18-19,25,36-37H,1,3,7,12-13H2,(H,31,39)/t18-,19?/m0/s1. The summed E-state index contributed by atoms with van der Waals surface area (Å²) in [5.74, 6) is -1.23. The molecule has 210 valence electrons. The summed E-state index contributed by atoms with van der Waals surface area (Å²) in [6, 6.07) is 5.07. The zero-order valence-electron chi connectivity index (χ0n) is 20.8. The number of halogens is 3. The molecule has 3 aromatic heterocycles. The maximum atomic E-state index is 13.2. The van der Waals surface area contributed by atoms with E-state index in [1.807, 2.05) is 0 Å². The smallest absolute Gasteiger partial charge is 0.387 e. The van der Waals surface area contributed by atoms with Crippen LogP contribution in [0, 0.1) is 0 Å². The van der Waals surface area contributed by atoms with Crippen LogP contribution in [-0.4, -0.2) is 83.2 Å². The number of hydrogen-bond donors (Lipinski definition) is 3. The second-order valence-corrected chi connectivity index (χ2v) is 9.49. The van der Waals surface area contributed by atoms with Crippen molar-refractivity contribution >= 4 is 34.7 Å². The molecule has 0 aliphatic carbocycles. The minimum Gasteiger partial charge on any atom is -0.434 e. The first-order chi connectivity index (χ1) is 19.2. The van der Waals surface area contributed by atoms with Crippen molar-refractivity contribution in [3.8, 4) is 17.0 Å². The van der Waals surface area contributed by atoms with Crippen molar-refractivity contribution in [1.29, 1.82) is 0 Å². The number of aliphatic hydroxyl groups excluding tert-OH is 2. The van der Waals surface area contributed by atoms with Crippen LogP contribution in [0.15, 0.2) is 49.1 Å². The molecule has 3 N–H and O–H groups in total. The summed E-state index contributed by atoms with van der Waals surface area (Å²) in [5, 5.41) is 30.9. The molecule has 4 heterocycles. The van der Waals surface area contributed by atoms with Crippen molar-refractivity contribution in [1.82, 2.24) is 29.3 Å². The van der Waals surface area contributed by atoms with Gasteiger partial charge in [-0.05, 0) is 37.1 Å². The zero-order valence-corrected chi connectivity index (χ0v) is 21.6. The lowest BCUT2D eigenvalue weighted by Crippen LogP contribution is -2.45. The molecule has 15 heteroatoms. The molecule has 0 radical (unpaired) electrons. The lowest BCUT2D eigenvalue weighted by Gasteiger charge is -2.27. The zero-order chi connectivity index (χ0) is 28.4. The van der Waals surface area contributed by atoms with E-state index in [9.17, 15) is 28.6 Å². The summed E-state index contributed by atoms with van der Waals surface area (Å²) in [5.41, 5.74) is 0.599. The van der Waals surface area contributed by atoms with Crippen LogP contribution in [0.1, 0.15) is 23.2 Å². The number of carbonyl (C=O) groups is 2. The second-order valence-electron chi connectivity index (χ2n) is 9.05. The van der Waals surface area contributed by atoms with Crippen LogP contribution in [0.3, 0.4) is 0 Å². The topological polar surface area (TPSA) is 147 Å². The van der Waals surface area contributed by atoms with Gasteiger partial charge in [0.2, 0.25) is 5.91 Å². The Balaban J connectivity index is 1.51. The van der Waals surface area contributed by atoms with Gasteiger partial charge < -0.3 is 25.2 Å². The summed E-state index contributed by atoms with van der Waals surface area (Å²) < 4.78 is 33.7. The third kappa shape index (κ3) is 5.59. The second kappa shape index (κ2) is 11.5. The highest BCUT2D eigenvalue weighted by Gasteiger charge is 2.34. The van der Waals surface area contributed by atoms with Crippen molar-refractivity contribution < 1.29 is 33.3 Å². The highest BCUT2D eigenvalue weighted by molar-refractivity contribution is 6.31. The SMILES string of the molecule is O=C(Nc1cn(CC(=O)N2CCC[C@H]2C(O)CO)nc1-c1cc(Cl)ccc1OC(F)F)c1cnn2cccnc12. The first-order valence-corrected chi connectivity index (χ1v) is 12.6. The summed E-state index contributed by atoms with van der Waals surface area (Å²) in [7, 11) is 0. The number of rotatable bonds is 9. The van der Waals surface area contributed by atoms with Crippen molar-refractivity contribution in [2.24, 2.45) is 0 Å². The minimum atomic E-state index is -3.14. The largest absolute Gasteiger partial charge is 0.434 e. The van der Waals surface area contributed by atoms with Crippen LogP contribution in [-0.2, 0) is 11.3 Å². The number of fused-ring (bicyclic) bond motifs is 1. The highest BCUT2D eigenvalue weighted by Crippen LogP contribution is 2.37. The van der Waals surface area contributed by atoms with E-state index in [1.54, 1.807) is 12.3 Å². The van der Waals surface area contributed by atoms with Gasteiger partial charge in [0.1, 0.15) is 23.6 Å². The van der Waals surface area contributed by atoms with Crippen LogP contribution >= 0.6 is 11.6 Å². The van der Waals surface area contributed by atoms with Crippen LogP contribution in [0.4, 0.5) is 14.5 Å². The van der Waals surface area contributed by atoms with E-state index in [-0.39, 0.29) is 51.4 Å². The van der Waals surface area contributed by atoms with Gasteiger partial charge in [-0.25, -0.2) is 9.50 Å². The molecule has 1 aliphatic rings. The number of nitrogens with one attached hydrogen (secondary N) is 1. The number of aromatic nitrogens is 5. The molecular formula is C25H24ClF2N7O5. The van der Waals surface area contributed by atoms with Gasteiger partial charge in [0, 0.05) is 35.7 Å². The molecule has 2 amide bonds. The molecule has 5 rings (SSSR count). The third-order valence-corrected chi connectivity index (χ3v) is 6.73. The van der Waals surface area contributed by atoms with E-state index in [0.29, 0.717) is 19.4 Å². The first-order valence-electron chi connectivity index (χ1n) is 12.3. The normalized spacial score (nSPS) is 16.1. The Bertz CT molecular complexity index is 1550. The first kappa shape index (κ1) is 27.4. The number of aliphatic hydroxyl groups is 2. The quantitative estimate of drug-likeness (QED) is 0.276. The van der Waals surface area contributed by atoms with E-state index < -0.39 is 31.3 Å². The number of ether oxygens (including phenoxy) is 1. The van der Waals surface area contributed by atoms with Gasteiger partial charge in [-0.15, -0.1) is 0 Å². The van der Waals surface area contributed by atoms with Gasteiger partial charge in [0.05, 0.1) is 30.6 Å². The van der Waals surface area contributed by atoms with Crippen LogP contribution in [0.25, 0.3) is 16.9 Å². The van der Waals surface area contributed by atoms with Crippen LogP contribution in [0.5, 0.6) is 5.75 Å². The summed E-state index contributed by atoms with van der Waals surface area (Å²) in [6.45, 7) is -3.53. The van der Waals surface area contributed by atoms with Gasteiger partial charge in [0.15, 0.2) is 5.65 Å². The van der Waals surface area contributed by atoms with Gasteiger partial charge in [-0.3, -0.25) is 14.3 Å². The number of nitrogens with zero attached hydrogens (tertiary/aromatic N) is 6. The van der Waals surface area contributed by atoms with E-state index in [2.05, 4.69) is 25.2 Å². The Morgan fingerprint density at radius 3 is 2.90 bits per heavy atom. The van der Waals surface area contributed by atoms with Crippen molar-refractivity contribution in [3.63, 3.8) is 0 Å². The van der Waals surface area contributed by atoms with E-state index in [1.165, 1.54) is 50.9 Å². The molecule has 4 aromatic rings. The predicted molar refractivity (Wildman–Crippen MR) is 138 cm³/mol. The van der Waals surface area contributed by atoms with E-state index >= 15 is 0 Å². The Labute approximate surface area is 230 Å². The summed E-state index contributed by atoms with van der Waals surface area (Å²) >= 11 is 6.16. The molecule has 12 nitrogen and oxygen atoms in total. The molecule has 0 bridgehead atoms. The van der Waals surface area contributed by atoms with E-state index in [0.717, 1.165) is 0 Å². The van der Waals surface area contributed by atoms with Crippen molar-refractivity contribution in [2.75, 3.05) is 18.5 Å². The molecule has 1 aromatic carbocycles. The maximum absolute atomic E-state index is 13.2. The molecule has 1 saturated heterocycles. The fraction of sp³-hybridized carbons (Fsp3) is 0.320. The average molecular weight is 576 g/mol. The Morgan fingerprint density at radius 2 is 2.12 bits per heavy atom. The number of amides is 2. The Hall–Kier alpha value is -4.14. The molecule has 1 aliphatic heterocycles. The number of carbonyl (C=O) groups excluding carboxylic acids is 2. The molecule has 0 saturated carbocycles. The number of benzene rings is 1. The highest BCUT2D eigenvalue weighted by atomic mass is 35.5. The third-order valence-electron chi connectivity index (χ3n) is 6.49. The lowest BCUT2D eigenvalue weighted by molar-refractivity contribution is -0.135. The fourth-order valence-corrected chi connectivity index (χ4v) is 4.88. The number of likely N-dealkylation sites (tertiary alicyclic amines) is 1. The maximum Gasteiger partial charge on any atom is 0.387 e. The van der Waals surface area contributed by atoms with Crippen molar-refractivity contribution in [2.45, 2.75) is 38.1 Å². The number of anilines is 1. The lowest BCUT2D eigenvalue weighted by atomic mass is 10.1. The van der Waals surface area contributed by atoms with E-state index in [4.69, 9.17) is 11.6 Å². The van der Waals surface area contributed by atoms with Crippen molar-refractivity contribution in [3.05, 3.63) is 59.6 Å². The Morgan fingerprint density at radius 1 is 1.30 bits per heavy atom. The predicted octanol–water partition coefficient (Wildman–Crippen LogP) is 2.44. The van der Waals surface area contributed by atoms with Crippen LogP contribution < -0.4 is 10.1 Å². The molecular weight excluding hydrogens is 552 g/mol. The van der Waals surface area contributed by atoms with Gasteiger partial charge in [-0.2, -0.15) is 19.0 Å². The number of alkyl halides is 2. The van der Waals surface area contributed by atoms with Gasteiger partial charge in [0.25, 0.3) is 5.91 Å². The molecule has 1 fully saturated rings. The van der Waals surface area contributed by atoms with Crippen LogP contribution in [0.2, 0.25) is 5.02 Å². The average Bonchev–Trinajstić information content (AvgIpc) is 3.67. The minimum absolute atomic E-state index is 0.0251. The van der Waals surface area contributed by atoms with Gasteiger partial charge >= 0.3 is 6.61 Å². The molecule has 1 unspecified atom stereocenters. The Kier molecular flexibility index (Phi) is 7.91. The monoisotopic (exact) mass is 575 g/mol. The van der Waals surface area contributed by atoms with Gasteiger partial charge in [-0.1, -0.05) is 11.6 Å². The summed E-state index contributed by atoms with van der Waals surface area (Å²) in [4.78, 5) is 32.0. The fourth-order valence-electron chi connectivity index (χ4n) is 4.71. The molecule has 2 atom stereocenters. The molecule has 40 heavy (non-hydrogen) atoms. The summed E-state index contributed by atoms with van der Waals surface area (Å²) in [6.07, 6.45) is 5.93.